The van der Waals surface area contributed by atoms with E-state index in [0.29, 0.717) is 24.2 Å². The van der Waals surface area contributed by atoms with Gasteiger partial charge in [-0.05, 0) is 85.7 Å². The molecule has 1 unspecified atom stereocenters. The molecule has 1 atom stereocenters. The zero-order valence-corrected chi connectivity index (χ0v) is 24.8. The number of hydrogen-bond acceptors (Lipinski definition) is 4. The van der Waals surface area contributed by atoms with Crippen LogP contribution in [0, 0.1) is 0 Å². The van der Waals surface area contributed by atoms with Crippen LogP contribution in [0.25, 0.3) is 5.57 Å². The molecule has 0 aromatic heterocycles. The van der Waals surface area contributed by atoms with E-state index in [1.54, 1.807) is 6.07 Å². The van der Waals surface area contributed by atoms with Crippen molar-refractivity contribution in [2.75, 3.05) is 0 Å². The predicted octanol–water partition coefficient (Wildman–Crippen LogP) is 9.16. The van der Waals surface area contributed by atoms with E-state index in [2.05, 4.69) is 4.18 Å². The van der Waals surface area contributed by atoms with Gasteiger partial charge in [0.15, 0.2) is 0 Å². The van der Waals surface area contributed by atoms with E-state index < -0.39 is 50.7 Å². The predicted molar refractivity (Wildman–Crippen MR) is 148 cm³/mol. The molecule has 3 aromatic rings. The number of benzene rings is 3. The maximum Gasteiger partial charge on any atom is 0.460 e. The van der Waals surface area contributed by atoms with E-state index in [0.717, 1.165) is 34.4 Å². The lowest BCUT2D eigenvalue weighted by Crippen LogP contribution is -2.63. The highest BCUT2D eigenvalue weighted by atomic mass is 32.2. The van der Waals surface area contributed by atoms with Crippen LogP contribution in [0.4, 0.5) is 39.5 Å². The summed E-state index contributed by atoms with van der Waals surface area (Å²) in [4.78, 5) is 0. The number of alkyl halides is 9. The minimum absolute atomic E-state index is 0.403. The molecule has 1 aliphatic rings. The van der Waals surface area contributed by atoms with Gasteiger partial charge >= 0.3 is 33.4 Å². The van der Waals surface area contributed by atoms with Crippen LogP contribution in [0.3, 0.4) is 0 Å². The van der Waals surface area contributed by atoms with Crippen molar-refractivity contribution < 1.29 is 56.9 Å². The molecule has 0 spiro atoms. The van der Waals surface area contributed by atoms with Crippen molar-refractivity contribution in [3.05, 3.63) is 101 Å². The van der Waals surface area contributed by atoms with Gasteiger partial charge in [-0.1, -0.05) is 54.6 Å². The molecule has 244 valence electrons. The molecule has 0 saturated heterocycles. The first-order valence-electron chi connectivity index (χ1n) is 13.4. The van der Waals surface area contributed by atoms with Gasteiger partial charge in [-0.3, -0.25) is 0 Å². The number of hydrogen-bond donors (Lipinski definition) is 0. The second-order valence-corrected chi connectivity index (χ2v) is 13.0. The van der Waals surface area contributed by atoms with Crippen LogP contribution in [-0.4, -0.2) is 37.3 Å². The molecule has 0 radical (unpaired) electrons. The highest BCUT2D eigenvalue weighted by Gasteiger charge is 2.86. The molecule has 4 nitrogen and oxygen atoms in total. The maximum atomic E-state index is 14.2. The van der Waals surface area contributed by atoms with Gasteiger partial charge in [0, 0.05) is 5.92 Å². The summed E-state index contributed by atoms with van der Waals surface area (Å²) in [6.45, 7) is 5.66. The Morgan fingerprint density at radius 1 is 0.733 bits per heavy atom. The molecule has 0 saturated carbocycles. The second-order valence-electron chi connectivity index (χ2n) is 11.4. The van der Waals surface area contributed by atoms with E-state index in [4.69, 9.17) is 4.74 Å². The van der Waals surface area contributed by atoms with Crippen molar-refractivity contribution in [3.63, 3.8) is 0 Å². The molecular weight excluding hydrogens is 639 g/mol. The van der Waals surface area contributed by atoms with Crippen molar-refractivity contribution in [1.29, 1.82) is 0 Å². The largest absolute Gasteiger partial charge is 0.488 e. The van der Waals surface area contributed by atoms with Crippen LogP contribution < -0.4 is 8.92 Å². The highest BCUT2D eigenvalue weighted by Crippen LogP contribution is 2.55. The third kappa shape index (κ3) is 6.66. The first-order chi connectivity index (χ1) is 20.6. The fraction of sp³-hybridized carbons (Fsp3) is 0.355. The summed E-state index contributed by atoms with van der Waals surface area (Å²) in [5, 5.41) is -6.96. The number of allylic oxidation sites excluding steroid dienone is 2. The van der Waals surface area contributed by atoms with Gasteiger partial charge in [0.1, 0.15) is 17.1 Å². The third-order valence-electron chi connectivity index (χ3n) is 6.97. The lowest BCUT2D eigenvalue weighted by molar-refractivity contribution is -0.382. The third-order valence-corrected chi connectivity index (χ3v) is 8.27. The maximum absolute atomic E-state index is 14.2. The summed E-state index contributed by atoms with van der Waals surface area (Å²) in [6, 6.07) is 19.0. The van der Waals surface area contributed by atoms with Crippen molar-refractivity contribution >= 4 is 15.7 Å². The average Bonchev–Trinajstić information content (AvgIpc) is 3.11. The Morgan fingerprint density at radius 2 is 1.31 bits per heavy atom. The molecule has 0 amide bonds. The Labute approximate surface area is 253 Å². The number of rotatable bonds is 8. The molecule has 0 N–H and O–H groups in total. The lowest BCUT2D eigenvalue weighted by atomic mass is 9.84. The molecule has 0 aliphatic heterocycles. The summed E-state index contributed by atoms with van der Waals surface area (Å²) < 4.78 is 154. The number of halogens is 9. The summed E-state index contributed by atoms with van der Waals surface area (Å²) in [5.41, 5.74) is 3.64. The average molecular weight is 667 g/mol. The van der Waals surface area contributed by atoms with Crippen molar-refractivity contribution in [2.45, 2.75) is 68.4 Å². The quantitative estimate of drug-likeness (QED) is 0.178. The SMILES string of the molecule is CC(C)(C)Oc1ccc2c(c1)CC=C(c1ccccc1)CC2c1ccc(OS(=O)(=O)C(F)(F)C(F)(F)C(F)(F)C(F)(F)F)cc1. The van der Waals surface area contributed by atoms with E-state index in [1.165, 1.54) is 12.1 Å². The summed E-state index contributed by atoms with van der Waals surface area (Å²) in [7, 11) is -7.06. The van der Waals surface area contributed by atoms with Gasteiger partial charge in [-0.15, -0.1) is 0 Å². The van der Waals surface area contributed by atoms with Gasteiger partial charge in [0.05, 0.1) is 0 Å². The Morgan fingerprint density at radius 3 is 1.87 bits per heavy atom. The fourth-order valence-electron chi connectivity index (χ4n) is 4.80. The molecule has 3 aromatic carbocycles. The molecule has 0 bridgehead atoms. The summed E-state index contributed by atoms with van der Waals surface area (Å²) >= 11 is 0. The van der Waals surface area contributed by atoms with E-state index in [-0.39, 0.29) is 0 Å². The lowest BCUT2D eigenvalue weighted by Gasteiger charge is -2.32. The molecular formula is C31H27F9O4S. The van der Waals surface area contributed by atoms with Crippen LogP contribution >= 0.6 is 0 Å². The van der Waals surface area contributed by atoms with Gasteiger partial charge in [0.25, 0.3) is 0 Å². The van der Waals surface area contributed by atoms with Crippen LogP contribution in [-0.2, 0) is 16.5 Å². The first-order valence-corrected chi connectivity index (χ1v) is 14.8. The Balaban J connectivity index is 1.68. The van der Waals surface area contributed by atoms with Crippen molar-refractivity contribution in [1.82, 2.24) is 0 Å². The molecule has 1 aliphatic carbocycles. The van der Waals surface area contributed by atoms with Crippen LogP contribution in [0.15, 0.2) is 78.9 Å². The first kappa shape index (κ1) is 34.2. The van der Waals surface area contributed by atoms with E-state index in [9.17, 15) is 47.9 Å². The minimum Gasteiger partial charge on any atom is -0.488 e. The number of ether oxygens (including phenoxy) is 1. The monoisotopic (exact) mass is 666 g/mol. The second kappa shape index (κ2) is 11.6. The van der Waals surface area contributed by atoms with Crippen molar-refractivity contribution in [2.24, 2.45) is 0 Å². The molecule has 14 heteroatoms. The molecule has 45 heavy (non-hydrogen) atoms. The van der Waals surface area contributed by atoms with E-state index in [1.807, 2.05) is 69.3 Å². The molecule has 4 rings (SSSR count). The van der Waals surface area contributed by atoms with Crippen molar-refractivity contribution in [3.8, 4) is 11.5 Å². The van der Waals surface area contributed by atoms with E-state index >= 15 is 0 Å². The topological polar surface area (TPSA) is 52.6 Å². The smallest absolute Gasteiger partial charge is 0.460 e. The molecule has 0 heterocycles. The van der Waals surface area contributed by atoms with Gasteiger partial charge in [-0.25, -0.2) is 0 Å². The number of fused-ring (bicyclic) bond motifs is 1. The zero-order valence-electron chi connectivity index (χ0n) is 23.9. The summed E-state index contributed by atoms with van der Waals surface area (Å²) in [6.07, 6.45) is -4.20. The standard InChI is InChI=1S/C31H27F9O4S/c1-27(2,3)43-24-15-16-25-22(17-24)10-9-21(19-7-5-4-6-8-19)18-26(25)20-11-13-23(14-12-20)44-45(41,42)31(39,40)29(34,35)28(32,33)30(36,37)38/h4-9,11-17,26H,10,18H2,1-3H3. The Bertz CT molecular complexity index is 1660. The van der Waals surface area contributed by atoms with Crippen LogP contribution in [0.1, 0.15) is 55.4 Å². The Kier molecular flexibility index (Phi) is 8.81. The Hall–Kier alpha value is -3.68. The van der Waals surface area contributed by atoms with Gasteiger partial charge in [0.2, 0.25) is 0 Å². The van der Waals surface area contributed by atoms with Gasteiger partial charge in [-0.2, -0.15) is 47.9 Å². The van der Waals surface area contributed by atoms with Gasteiger partial charge < -0.3 is 8.92 Å². The normalized spacial score (nSPS) is 16.8. The molecule has 0 fully saturated rings. The zero-order chi connectivity index (χ0) is 33.6. The van der Waals surface area contributed by atoms with Crippen LogP contribution in [0.5, 0.6) is 11.5 Å². The highest BCUT2D eigenvalue weighted by molar-refractivity contribution is 7.88. The fourth-order valence-corrected chi connectivity index (χ4v) is 5.71. The summed E-state index contributed by atoms with van der Waals surface area (Å²) in [5.74, 6) is -15.6. The van der Waals surface area contributed by atoms with Crippen LogP contribution in [0.2, 0.25) is 0 Å². The minimum atomic E-state index is -7.39.